The fourth-order valence-electron chi connectivity index (χ4n) is 3.12. The highest BCUT2D eigenvalue weighted by atomic mass is 19.4. The Morgan fingerprint density at radius 2 is 2.07 bits per heavy atom. The number of piperidine rings is 1. The third kappa shape index (κ3) is 4.41. The molecule has 11 heteroatoms. The first-order valence-corrected chi connectivity index (χ1v) is 8.50. The monoisotopic (exact) mass is 387 g/mol. The smallest absolute Gasteiger partial charge is 0.451 e. The van der Waals surface area contributed by atoms with Gasteiger partial charge in [-0.25, -0.2) is 9.48 Å². The van der Waals surface area contributed by atoms with E-state index in [2.05, 4.69) is 10.4 Å². The molecule has 2 aromatic heterocycles. The highest BCUT2D eigenvalue weighted by Gasteiger charge is 2.39. The van der Waals surface area contributed by atoms with E-state index in [1.807, 2.05) is 4.90 Å². The number of rotatable bonds is 5. The number of halogens is 3. The van der Waals surface area contributed by atoms with Crippen molar-refractivity contribution in [3.8, 4) is 0 Å². The van der Waals surface area contributed by atoms with Gasteiger partial charge < -0.3 is 9.73 Å². The number of hydrogen-bond donors (Lipinski definition) is 1. The van der Waals surface area contributed by atoms with Crippen molar-refractivity contribution in [1.29, 1.82) is 0 Å². The van der Waals surface area contributed by atoms with Crippen molar-refractivity contribution in [2.75, 3.05) is 19.6 Å². The molecule has 0 aromatic carbocycles. The molecule has 148 valence electrons. The van der Waals surface area contributed by atoms with Gasteiger partial charge in [0.1, 0.15) is 5.76 Å². The number of amides is 1. The summed E-state index contributed by atoms with van der Waals surface area (Å²) in [6.45, 7) is 1.45. The summed E-state index contributed by atoms with van der Waals surface area (Å²) < 4.78 is 45.3. The van der Waals surface area contributed by atoms with Crippen LogP contribution in [0.5, 0.6) is 0 Å². The van der Waals surface area contributed by atoms with Gasteiger partial charge in [0.15, 0.2) is 0 Å². The molecule has 0 saturated carbocycles. The van der Waals surface area contributed by atoms with Gasteiger partial charge in [0.05, 0.1) is 25.4 Å². The maximum atomic E-state index is 12.9. The van der Waals surface area contributed by atoms with E-state index in [4.69, 9.17) is 4.42 Å². The molecule has 0 radical (unpaired) electrons. The van der Waals surface area contributed by atoms with Crippen LogP contribution in [0, 0.1) is 0 Å². The van der Waals surface area contributed by atoms with E-state index < -0.39 is 23.7 Å². The Morgan fingerprint density at radius 3 is 2.63 bits per heavy atom. The number of nitrogens with one attached hydrogen (secondary N) is 1. The zero-order valence-electron chi connectivity index (χ0n) is 14.7. The van der Waals surface area contributed by atoms with Crippen molar-refractivity contribution in [3.05, 3.63) is 40.5 Å². The van der Waals surface area contributed by atoms with Gasteiger partial charge in [0, 0.05) is 20.1 Å². The van der Waals surface area contributed by atoms with Gasteiger partial charge in [0.25, 0.3) is 0 Å². The molecule has 1 fully saturated rings. The fraction of sp³-hybridized carbons (Fsp3) is 0.562. The van der Waals surface area contributed by atoms with Crippen LogP contribution in [0.1, 0.15) is 30.5 Å². The third-order valence-electron chi connectivity index (χ3n) is 4.57. The Labute approximate surface area is 152 Å². The topological polar surface area (TPSA) is 85.3 Å². The second-order valence-electron chi connectivity index (χ2n) is 6.47. The Bertz CT molecular complexity index is 833. The summed E-state index contributed by atoms with van der Waals surface area (Å²) in [5, 5.41) is 6.22. The van der Waals surface area contributed by atoms with Crippen molar-refractivity contribution in [3.63, 3.8) is 0 Å². The van der Waals surface area contributed by atoms with E-state index in [-0.39, 0.29) is 12.5 Å². The van der Waals surface area contributed by atoms with E-state index in [0.717, 1.165) is 11.7 Å². The summed E-state index contributed by atoms with van der Waals surface area (Å²) in [4.78, 5) is 25.9. The van der Waals surface area contributed by atoms with Crippen LogP contribution in [0.4, 0.5) is 13.2 Å². The van der Waals surface area contributed by atoms with Gasteiger partial charge in [-0.1, -0.05) is 0 Å². The van der Waals surface area contributed by atoms with Gasteiger partial charge in [-0.05, 0) is 25.0 Å². The van der Waals surface area contributed by atoms with Crippen LogP contribution in [-0.2, 0) is 24.6 Å². The van der Waals surface area contributed by atoms with Crippen LogP contribution in [0.25, 0.3) is 0 Å². The minimum absolute atomic E-state index is 0.167. The lowest BCUT2D eigenvalue weighted by Gasteiger charge is -2.30. The van der Waals surface area contributed by atoms with Crippen molar-refractivity contribution >= 4 is 5.91 Å². The first-order chi connectivity index (χ1) is 12.8. The van der Waals surface area contributed by atoms with Crippen LogP contribution >= 0.6 is 0 Å². The van der Waals surface area contributed by atoms with Gasteiger partial charge in [-0.2, -0.15) is 13.2 Å². The van der Waals surface area contributed by atoms with Crippen LogP contribution < -0.4 is 11.0 Å². The first kappa shape index (κ1) is 19.2. The number of nitrogens with zero attached hydrogens (tertiary/aromatic N) is 4. The molecule has 1 aliphatic heterocycles. The van der Waals surface area contributed by atoms with Crippen molar-refractivity contribution in [2.24, 2.45) is 7.05 Å². The lowest BCUT2D eigenvalue weighted by atomic mass is 10.1. The number of carbonyl (C=O) groups is 1. The second kappa shape index (κ2) is 7.59. The molecule has 0 atom stereocenters. The predicted molar refractivity (Wildman–Crippen MR) is 87.7 cm³/mol. The lowest BCUT2D eigenvalue weighted by molar-refractivity contribution is -0.147. The predicted octanol–water partition coefficient (Wildman–Crippen LogP) is 1.15. The molecule has 0 aliphatic carbocycles. The van der Waals surface area contributed by atoms with Gasteiger partial charge in [-0.15, -0.1) is 5.10 Å². The molecule has 0 unspecified atom stereocenters. The van der Waals surface area contributed by atoms with Crippen LogP contribution in [-0.4, -0.2) is 44.8 Å². The first-order valence-electron chi connectivity index (χ1n) is 8.50. The summed E-state index contributed by atoms with van der Waals surface area (Å²) >= 11 is 0. The molecule has 1 amide bonds. The number of furan rings is 1. The quantitative estimate of drug-likeness (QED) is 0.832. The standard InChI is InChI=1S/C16H20F3N5O3/c1-22-14(16(17,18)19)21-24(15(22)26)11-4-6-23(7-5-11)10-13(25)20-9-12-3-2-8-27-12/h2-3,8,11H,4-7,9-10H2,1H3,(H,20,25). The summed E-state index contributed by atoms with van der Waals surface area (Å²) in [5.74, 6) is -0.719. The van der Waals surface area contributed by atoms with E-state index in [0.29, 0.717) is 42.8 Å². The molecular weight excluding hydrogens is 367 g/mol. The summed E-state index contributed by atoms with van der Waals surface area (Å²) in [6, 6.07) is 3.07. The Hall–Kier alpha value is -2.56. The number of aromatic nitrogens is 3. The van der Waals surface area contributed by atoms with Crippen LogP contribution in [0.3, 0.4) is 0 Å². The van der Waals surface area contributed by atoms with Crippen molar-refractivity contribution in [2.45, 2.75) is 31.6 Å². The SMILES string of the molecule is Cn1c(C(F)(F)F)nn(C2CCN(CC(=O)NCc3ccco3)CC2)c1=O. The molecule has 0 bridgehead atoms. The minimum Gasteiger partial charge on any atom is -0.467 e. The molecular formula is C16H20F3N5O3. The highest BCUT2D eigenvalue weighted by molar-refractivity contribution is 5.77. The van der Waals surface area contributed by atoms with Gasteiger partial charge in [-0.3, -0.25) is 14.3 Å². The molecule has 1 N–H and O–H groups in total. The zero-order chi connectivity index (χ0) is 19.6. The average Bonchev–Trinajstić information content (AvgIpc) is 3.23. The van der Waals surface area contributed by atoms with E-state index in [9.17, 15) is 22.8 Å². The molecule has 0 spiro atoms. The number of hydrogen-bond acceptors (Lipinski definition) is 5. The summed E-state index contributed by atoms with van der Waals surface area (Å²) in [7, 11) is 1.06. The Kier molecular flexibility index (Phi) is 5.40. The van der Waals surface area contributed by atoms with Gasteiger partial charge >= 0.3 is 11.9 Å². The number of likely N-dealkylation sites (tertiary alicyclic amines) is 1. The third-order valence-corrected chi connectivity index (χ3v) is 4.57. The minimum atomic E-state index is -4.67. The average molecular weight is 387 g/mol. The van der Waals surface area contributed by atoms with Crippen molar-refractivity contribution in [1.82, 2.24) is 24.6 Å². The lowest BCUT2D eigenvalue weighted by Crippen LogP contribution is -2.43. The van der Waals surface area contributed by atoms with Crippen molar-refractivity contribution < 1.29 is 22.4 Å². The molecule has 1 aliphatic rings. The molecule has 27 heavy (non-hydrogen) atoms. The molecule has 8 nitrogen and oxygen atoms in total. The van der Waals surface area contributed by atoms with Crippen LogP contribution in [0.2, 0.25) is 0 Å². The normalized spacial score (nSPS) is 16.6. The number of alkyl halides is 3. The Morgan fingerprint density at radius 1 is 1.37 bits per heavy atom. The fourth-order valence-corrected chi connectivity index (χ4v) is 3.12. The molecule has 3 rings (SSSR count). The summed E-state index contributed by atoms with van der Waals surface area (Å²) in [6.07, 6.45) is -2.26. The zero-order valence-corrected chi connectivity index (χ0v) is 14.7. The van der Waals surface area contributed by atoms with Crippen LogP contribution in [0.15, 0.2) is 27.6 Å². The molecule has 1 saturated heterocycles. The largest absolute Gasteiger partial charge is 0.467 e. The maximum Gasteiger partial charge on any atom is 0.451 e. The number of carbonyl (C=O) groups excluding carboxylic acids is 1. The van der Waals surface area contributed by atoms with E-state index in [1.165, 1.54) is 6.26 Å². The Balaban J connectivity index is 1.53. The van der Waals surface area contributed by atoms with Gasteiger partial charge in [0.2, 0.25) is 11.7 Å². The molecule has 2 aromatic rings. The summed E-state index contributed by atoms with van der Waals surface area (Å²) in [5.41, 5.74) is -0.781. The maximum absolute atomic E-state index is 12.9. The van der Waals surface area contributed by atoms with E-state index in [1.54, 1.807) is 12.1 Å². The second-order valence-corrected chi connectivity index (χ2v) is 6.47. The highest BCUT2D eigenvalue weighted by Crippen LogP contribution is 2.28. The van der Waals surface area contributed by atoms with E-state index >= 15 is 0 Å². The molecule has 3 heterocycles.